The number of benzene rings is 2. The number of aromatic amines is 1. The third-order valence-corrected chi connectivity index (χ3v) is 5.37. The highest BCUT2D eigenvalue weighted by Gasteiger charge is 2.20. The maximum Gasteiger partial charge on any atom is 0.258 e. The van der Waals surface area contributed by atoms with Crippen LogP contribution in [0.15, 0.2) is 57.7 Å². The van der Waals surface area contributed by atoms with E-state index >= 15 is 0 Å². The molecule has 2 aromatic heterocycles. The summed E-state index contributed by atoms with van der Waals surface area (Å²) in [4.78, 5) is 39.0. The highest BCUT2D eigenvalue weighted by Crippen LogP contribution is 2.22. The number of fused-ring (bicyclic) bond motifs is 1. The Morgan fingerprint density at radius 1 is 1.16 bits per heavy atom. The van der Waals surface area contributed by atoms with Crippen molar-refractivity contribution in [3.8, 4) is 11.5 Å². The molecule has 7 nitrogen and oxygen atoms in total. The molecule has 0 atom stereocenters. The second-order valence-corrected chi connectivity index (χ2v) is 7.99. The summed E-state index contributed by atoms with van der Waals surface area (Å²) in [7, 11) is 0. The molecule has 0 saturated carbocycles. The number of H-pyrrole nitrogens is 1. The first-order valence-corrected chi connectivity index (χ1v) is 10.8. The van der Waals surface area contributed by atoms with E-state index in [0.29, 0.717) is 45.6 Å². The van der Waals surface area contributed by atoms with Crippen molar-refractivity contribution in [3.63, 3.8) is 0 Å². The Morgan fingerprint density at radius 3 is 2.69 bits per heavy atom. The standard InChI is InChI=1S/C24H23ClN4O3/c1-3-11-29(14-21-26-20-12-17(25)9-10-18(20)23(31)28-21)22(30)13-19-15(2)32-24(27-19)16-7-5-4-6-8-16/h4-10,12H,3,11,13-14H2,1-2H3,(H,26,28,31). The van der Waals surface area contributed by atoms with Crippen LogP contribution in [0.1, 0.15) is 30.6 Å². The molecule has 32 heavy (non-hydrogen) atoms. The van der Waals surface area contributed by atoms with Crippen LogP contribution in [0.3, 0.4) is 0 Å². The fourth-order valence-electron chi connectivity index (χ4n) is 3.53. The predicted octanol–water partition coefficient (Wildman–Crippen LogP) is 4.52. The Kier molecular flexibility index (Phi) is 6.37. The number of aromatic nitrogens is 3. The van der Waals surface area contributed by atoms with Crippen LogP contribution in [0.5, 0.6) is 0 Å². The zero-order valence-corrected chi connectivity index (χ0v) is 18.6. The second kappa shape index (κ2) is 9.36. The summed E-state index contributed by atoms with van der Waals surface area (Å²) in [5.74, 6) is 1.40. The van der Waals surface area contributed by atoms with Crippen LogP contribution >= 0.6 is 11.6 Å². The van der Waals surface area contributed by atoms with Crippen LogP contribution in [0.4, 0.5) is 0 Å². The number of carbonyl (C=O) groups excluding carboxylic acids is 1. The molecule has 0 aliphatic rings. The first kappa shape index (κ1) is 21.8. The highest BCUT2D eigenvalue weighted by atomic mass is 35.5. The van der Waals surface area contributed by atoms with Crippen molar-refractivity contribution < 1.29 is 9.21 Å². The van der Waals surface area contributed by atoms with Crippen molar-refractivity contribution in [1.29, 1.82) is 0 Å². The van der Waals surface area contributed by atoms with Gasteiger partial charge in [0.1, 0.15) is 11.6 Å². The largest absolute Gasteiger partial charge is 0.441 e. The highest BCUT2D eigenvalue weighted by molar-refractivity contribution is 6.31. The quantitative estimate of drug-likeness (QED) is 0.447. The topological polar surface area (TPSA) is 92.1 Å². The van der Waals surface area contributed by atoms with Crippen molar-refractivity contribution in [2.24, 2.45) is 0 Å². The van der Waals surface area contributed by atoms with Gasteiger partial charge in [0.25, 0.3) is 5.56 Å². The van der Waals surface area contributed by atoms with Crippen LogP contribution in [0.2, 0.25) is 5.02 Å². The summed E-state index contributed by atoms with van der Waals surface area (Å²) in [5, 5.41) is 0.956. The molecule has 4 rings (SSSR count). The second-order valence-electron chi connectivity index (χ2n) is 7.55. The van der Waals surface area contributed by atoms with E-state index in [1.807, 2.05) is 37.3 Å². The van der Waals surface area contributed by atoms with Crippen LogP contribution in [-0.4, -0.2) is 32.3 Å². The molecule has 0 aliphatic carbocycles. The molecule has 0 unspecified atom stereocenters. The van der Waals surface area contributed by atoms with Crippen molar-refractivity contribution >= 4 is 28.4 Å². The summed E-state index contributed by atoms with van der Waals surface area (Å²) in [5.41, 5.74) is 1.70. The Balaban J connectivity index is 1.56. The molecule has 4 aromatic rings. The van der Waals surface area contributed by atoms with Gasteiger partial charge in [-0.05, 0) is 43.7 Å². The molecule has 2 aromatic carbocycles. The van der Waals surface area contributed by atoms with E-state index < -0.39 is 0 Å². The average Bonchev–Trinajstić information content (AvgIpc) is 3.14. The van der Waals surface area contributed by atoms with Gasteiger partial charge in [0.2, 0.25) is 11.8 Å². The van der Waals surface area contributed by atoms with Gasteiger partial charge in [-0.1, -0.05) is 36.7 Å². The van der Waals surface area contributed by atoms with Crippen LogP contribution in [-0.2, 0) is 17.8 Å². The fourth-order valence-corrected chi connectivity index (χ4v) is 3.70. The van der Waals surface area contributed by atoms with Crippen LogP contribution in [0, 0.1) is 6.92 Å². The summed E-state index contributed by atoms with van der Waals surface area (Å²) < 4.78 is 5.78. The molecule has 8 heteroatoms. The average molecular weight is 451 g/mol. The van der Waals surface area contributed by atoms with Gasteiger partial charge >= 0.3 is 0 Å². The van der Waals surface area contributed by atoms with Gasteiger partial charge in [0.05, 0.1) is 29.6 Å². The minimum Gasteiger partial charge on any atom is -0.441 e. The van der Waals surface area contributed by atoms with Gasteiger partial charge in [0, 0.05) is 17.1 Å². The van der Waals surface area contributed by atoms with Gasteiger partial charge in [-0.3, -0.25) is 9.59 Å². The number of amides is 1. The molecule has 0 aliphatic heterocycles. The third-order valence-electron chi connectivity index (χ3n) is 5.14. The number of nitrogens with zero attached hydrogens (tertiary/aromatic N) is 3. The molecule has 164 valence electrons. The molecule has 0 radical (unpaired) electrons. The van der Waals surface area contributed by atoms with Gasteiger partial charge < -0.3 is 14.3 Å². The number of hydrogen-bond acceptors (Lipinski definition) is 5. The SMILES string of the molecule is CCCN(Cc1nc2cc(Cl)ccc2c(=O)[nH]1)C(=O)Cc1nc(-c2ccccc2)oc1C. The number of rotatable bonds is 7. The van der Waals surface area contributed by atoms with E-state index in [9.17, 15) is 9.59 Å². The zero-order chi connectivity index (χ0) is 22.7. The molecule has 1 amide bonds. The Bertz CT molecular complexity index is 1310. The molecule has 1 N–H and O–H groups in total. The van der Waals surface area contributed by atoms with Crippen LogP contribution < -0.4 is 5.56 Å². The fraction of sp³-hybridized carbons (Fsp3) is 0.250. The van der Waals surface area contributed by atoms with Gasteiger partial charge in [-0.2, -0.15) is 0 Å². The monoisotopic (exact) mass is 450 g/mol. The normalized spacial score (nSPS) is 11.1. The molecule has 0 bridgehead atoms. The van der Waals surface area contributed by atoms with Gasteiger partial charge in [-0.15, -0.1) is 0 Å². The minimum absolute atomic E-state index is 0.103. The van der Waals surface area contributed by atoms with Crippen molar-refractivity contribution in [2.45, 2.75) is 33.2 Å². The van der Waals surface area contributed by atoms with Gasteiger partial charge in [0.15, 0.2) is 0 Å². The van der Waals surface area contributed by atoms with E-state index in [4.69, 9.17) is 16.0 Å². The maximum absolute atomic E-state index is 13.1. The first-order valence-electron chi connectivity index (χ1n) is 10.4. The lowest BCUT2D eigenvalue weighted by Crippen LogP contribution is -2.34. The van der Waals surface area contributed by atoms with E-state index in [-0.39, 0.29) is 24.4 Å². The van der Waals surface area contributed by atoms with Crippen LogP contribution in [0.25, 0.3) is 22.4 Å². The summed E-state index contributed by atoms with van der Waals surface area (Å²) in [6, 6.07) is 14.5. The van der Waals surface area contributed by atoms with E-state index in [1.54, 1.807) is 30.0 Å². The number of nitrogens with one attached hydrogen (secondary N) is 1. The molecular formula is C24H23ClN4O3. The first-order chi connectivity index (χ1) is 15.4. The molecular weight excluding hydrogens is 428 g/mol. The zero-order valence-electron chi connectivity index (χ0n) is 17.9. The van der Waals surface area contributed by atoms with E-state index in [2.05, 4.69) is 15.0 Å². The Labute approximate surface area is 190 Å². The summed E-state index contributed by atoms with van der Waals surface area (Å²) in [6.07, 6.45) is 0.869. The van der Waals surface area contributed by atoms with Crippen molar-refractivity contribution in [3.05, 3.63) is 81.2 Å². The lowest BCUT2D eigenvalue weighted by atomic mass is 10.2. The molecule has 0 saturated heterocycles. The molecule has 2 heterocycles. The number of carbonyl (C=O) groups is 1. The maximum atomic E-state index is 13.1. The van der Waals surface area contributed by atoms with Gasteiger partial charge in [-0.25, -0.2) is 9.97 Å². The number of halogens is 1. The third kappa shape index (κ3) is 4.73. The van der Waals surface area contributed by atoms with Crippen molar-refractivity contribution in [1.82, 2.24) is 19.9 Å². The number of aryl methyl sites for hydroxylation is 1. The number of oxazole rings is 1. The van der Waals surface area contributed by atoms with E-state index in [1.165, 1.54) is 0 Å². The number of hydrogen-bond donors (Lipinski definition) is 1. The predicted molar refractivity (Wildman–Crippen MR) is 123 cm³/mol. The summed E-state index contributed by atoms with van der Waals surface area (Å²) >= 11 is 6.05. The van der Waals surface area contributed by atoms with E-state index in [0.717, 1.165) is 12.0 Å². The smallest absolute Gasteiger partial charge is 0.258 e. The minimum atomic E-state index is -0.259. The Morgan fingerprint density at radius 2 is 1.94 bits per heavy atom. The lowest BCUT2D eigenvalue weighted by molar-refractivity contribution is -0.131. The summed E-state index contributed by atoms with van der Waals surface area (Å²) in [6.45, 7) is 4.51. The molecule has 0 spiro atoms. The Hall–Kier alpha value is -3.45. The lowest BCUT2D eigenvalue weighted by Gasteiger charge is -2.21. The van der Waals surface area contributed by atoms with Crippen molar-refractivity contribution in [2.75, 3.05) is 6.54 Å². The molecule has 0 fully saturated rings.